The van der Waals surface area contributed by atoms with Crippen molar-refractivity contribution in [2.45, 2.75) is 38.2 Å². The molecule has 3 rings (SSSR count). The summed E-state index contributed by atoms with van der Waals surface area (Å²) in [4.78, 5) is 9.57. The number of rotatable bonds is 5. The van der Waals surface area contributed by atoms with Gasteiger partial charge in [0, 0.05) is 30.0 Å². The van der Waals surface area contributed by atoms with Gasteiger partial charge in [-0.15, -0.1) is 0 Å². The molecule has 0 atom stereocenters. The zero-order chi connectivity index (χ0) is 14.7. The van der Waals surface area contributed by atoms with Crippen molar-refractivity contribution in [3.8, 4) is 0 Å². The molecule has 4 heteroatoms. The summed E-state index contributed by atoms with van der Waals surface area (Å²) >= 11 is 1.93. The third-order valence-corrected chi connectivity index (χ3v) is 4.75. The van der Waals surface area contributed by atoms with Crippen LogP contribution in [0.4, 0.5) is 5.82 Å². The molecule has 1 aliphatic rings. The Morgan fingerprint density at radius 3 is 2.86 bits per heavy atom. The molecule has 0 aliphatic carbocycles. The quantitative estimate of drug-likeness (QED) is 0.907. The average Bonchev–Trinajstić information content (AvgIpc) is 2.95. The number of nitrogens with zero attached hydrogens (tertiary/aromatic N) is 2. The number of benzene rings is 1. The molecule has 1 aromatic heterocycles. The first-order valence-electron chi connectivity index (χ1n) is 7.52. The standard InChI is InChI=1S/C17H21N3S/c1-3-8-18-17-14-10-21-11-15(14)19-16(20-17)9-13-7-5-4-6-12(13)2/h4-7H,3,8-11H2,1-2H3,(H,18,19,20). The monoisotopic (exact) mass is 299 g/mol. The van der Waals surface area contributed by atoms with Gasteiger partial charge in [-0.1, -0.05) is 31.2 Å². The van der Waals surface area contributed by atoms with Crippen molar-refractivity contribution in [2.75, 3.05) is 11.9 Å². The average molecular weight is 299 g/mol. The van der Waals surface area contributed by atoms with E-state index in [2.05, 4.69) is 43.4 Å². The van der Waals surface area contributed by atoms with Crippen molar-refractivity contribution < 1.29 is 0 Å². The van der Waals surface area contributed by atoms with E-state index >= 15 is 0 Å². The fourth-order valence-electron chi connectivity index (χ4n) is 2.55. The molecule has 1 aliphatic heterocycles. The summed E-state index contributed by atoms with van der Waals surface area (Å²) in [6, 6.07) is 8.48. The highest BCUT2D eigenvalue weighted by Crippen LogP contribution is 2.33. The summed E-state index contributed by atoms with van der Waals surface area (Å²) < 4.78 is 0. The maximum absolute atomic E-state index is 4.79. The van der Waals surface area contributed by atoms with Crippen LogP contribution in [0.3, 0.4) is 0 Å². The molecule has 2 aromatic rings. The van der Waals surface area contributed by atoms with E-state index in [0.29, 0.717) is 0 Å². The molecule has 1 aromatic carbocycles. The molecule has 0 saturated carbocycles. The number of aryl methyl sites for hydroxylation is 1. The lowest BCUT2D eigenvalue weighted by atomic mass is 10.1. The van der Waals surface area contributed by atoms with Gasteiger partial charge in [0.25, 0.3) is 0 Å². The molecule has 1 N–H and O–H groups in total. The number of aromatic nitrogens is 2. The summed E-state index contributed by atoms with van der Waals surface area (Å²) in [5.74, 6) is 4.03. The molecule has 0 saturated heterocycles. The van der Waals surface area contributed by atoms with Gasteiger partial charge < -0.3 is 5.32 Å². The second-order valence-electron chi connectivity index (χ2n) is 5.44. The Hall–Kier alpha value is -1.55. The van der Waals surface area contributed by atoms with Gasteiger partial charge in [0.05, 0.1) is 5.69 Å². The van der Waals surface area contributed by atoms with Crippen LogP contribution in [-0.2, 0) is 17.9 Å². The second-order valence-corrected chi connectivity index (χ2v) is 6.42. The van der Waals surface area contributed by atoms with Gasteiger partial charge in [-0.2, -0.15) is 11.8 Å². The molecular formula is C17H21N3S. The second kappa shape index (κ2) is 6.48. The zero-order valence-electron chi connectivity index (χ0n) is 12.6. The van der Waals surface area contributed by atoms with E-state index in [1.165, 1.54) is 22.4 Å². The highest BCUT2D eigenvalue weighted by atomic mass is 32.2. The minimum Gasteiger partial charge on any atom is -0.370 e. The highest BCUT2D eigenvalue weighted by Gasteiger charge is 2.19. The van der Waals surface area contributed by atoms with Crippen molar-refractivity contribution in [1.29, 1.82) is 0 Å². The van der Waals surface area contributed by atoms with E-state index in [0.717, 1.165) is 42.5 Å². The Kier molecular flexibility index (Phi) is 4.44. The third-order valence-electron chi connectivity index (χ3n) is 3.78. The predicted octanol–water partition coefficient (Wildman–Crippen LogP) is 3.94. The minimum absolute atomic E-state index is 0.811. The van der Waals surface area contributed by atoms with Crippen molar-refractivity contribution in [2.24, 2.45) is 0 Å². The van der Waals surface area contributed by atoms with E-state index in [-0.39, 0.29) is 0 Å². The maximum atomic E-state index is 4.79. The fraction of sp³-hybridized carbons (Fsp3) is 0.412. The third kappa shape index (κ3) is 3.21. The molecule has 0 spiro atoms. The van der Waals surface area contributed by atoms with Crippen molar-refractivity contribution in [3.05, 3.63) is 52.5 Å². The number of hydrogen-bond acceptors (Lipinski definition) is 4. The van der Waals surface area contributed by atoms with E-state index in [4.69, 9.17) is 9.97 Å². The topological polar surface area (TPSA) is 37.8 Å². The Bertz CT molecular complexity index is 640. The van der Waals surface area contributed by atoms with Gasteiger partial charge in [0.1, 0.15) is 11.6 Å². The zero-order valence-corrected chi connectivity index (χ0v) is 13.5. The number of nitrogens with one attached hydrogen (secondary N) is 1. The highest BCUT2D eigenvalue weighted by molar-refractivity contribution is 7.98. The van der Waals surface area contributed by atoms with Crippen LogP contribution in [0.25, 0.3) is 0 Å². The van der Waals surface area contributed by atoms with Gasteiger partial charge in [-0.05, 0) is 24.5 Å². The Morgan fingerprint density at radius 2 is 2.05 bits per heavy atom. The molecule has 0 bridgehead atoms. The Labute approximate surface area is 130 Å². The molecule has 110 valence electrons. The van der Waals surface area contributed by atoms with E-state index in [1.54, 1.807) is 0 Å². The maximum Gasteiger partial charge on any atom is 0.135 e. The molecule has 3 nitrogen and oxygen atoms in total. The molecule has 21 heavy (non-hydrogen) atoms. The fourth-order valence-corrected chi connectivity index (χ4v) is 3.59. The van der Waals surface area contributed by atoms with Crippen LogP contribution in [-0.4, -0.2) is 16.5 Å². The van der Waals surface area contributed by atoms with Crippen LogP contribution in [0.1, 0.15) is 41.6 Å². The van der Waals surface area contributed by atoms with Crippen LogP contribution >= 0.6 is 11.8 Å². The van der Waals surface area contributed by atoms with Gasteiger partial charge in [0.15, 0.2) is 0 Å². The molecule has 0 radical (unpaired) electrons. The van der Waals surface area contributed by atoms with Crippen molar-refractivity contribution >= 4 is 17.6 Å². The van der Waals surface area contributed by atoms with Crippen molar-refractivity contribution in [3.63, 3.8) is 0 Å². The van der Waals surface area contributed by atoms with Crippen LogP contribution in [0.2, 0.25) is 0 Å². The Balaban J connectivity index is 1.90. The van der Waals surface area contributed by atoms with Crippen LogP contribution in [0, 0.1) is 6.92 Å². The molecule has 2 heterocycles. The van der Waals surface area contributed by atoms with Crippen LogP contribution in [0.15, 0.2) is 24.3 Å². The lowest BCUT2D eigenvalue weighted by Crippen LogP contribution is -2.10. The number of fused-ring (bicyclic) bond motifs is 1. The van der Waals surface area contributed by atoms with Gasteiger partial charge in [-0.3, -0.25) is 0 Å². The van der Waals surface area contributed by atoms with Gasteiger partial charge >= 0.3 is 0 Å². The van der Waals surface area contributed by atoms with Crippen LogP contribution in [0.5, 0.6) is 0 Å². The SMILES string of the molecule is CCCNc1nc(Cc2ccccc2C)nc2c1CSC2. The Morgan fingerprint density at radius 1 is 1.19 bits per heavy atom. The predicted molar refractivity (Wildman–Crippen MR) is 89.8 cm³/mol. The summed E-state index contributed by atoms with van der Waals surface area (Å²) in [7, 11) is 0. The molecule has 0 fully saturated rings. The first-order valence-corrected chi connectivity index (χ1v) is 8.68. The summed E-state index contributed by atoms with van der Waals surface area (Å²) in [6.07, 6.45) is 1.92. The normalized spacial score (nSPS) is 13.2. The molecule has 0 amide bonds. The summed E-state index contributed by atoms with van der Waals surface area (Å²) in [6.45, 7) is 5.30. The van der Waals surface area contributed by atoms with E-state index in [1.807, 2.05) is 11.8 Å². The minimum atomic E-state index is 0.811. The molecular weight excluding hydrogens is 278 g/mol. The van der Waals surface area contributed by atoms with Crippen molar-refractivity contribution in [1.82, 2.24) is 9.97 Å². The van der Waals surface area contributed by atoms with Gasteiger partial charge in [0.2, 0.25) is 0 Å². The van der Waals surface area contributed by atoms with Gasteiger partial charge in [-0.25, -0.2) is 9.97 Å². The summed E-state index contributed by atoms with van der Waals surface area (Å²) in [5, 5.41) is 3.47. The van der Waals surface area contributed by atoms with E-state index in [9.17, 15) is 0 Å². The largest absolute Gasteiger partial charge is 0.370 e. The van der Waals surface area contributed by atoms with Crippen LogP contribution < -0.4 is 5.32 Å². The number of hydrogen-bond donors (Lipinski definition) is 1. The van der Waals surface area contributed by atoms with E-state index < -0.39 is 0 Å². The lowest BCUT2D eigenvalue weighted by Gasteiger charge is -2.12. The number of anilines is 1. The number of thioether (sulfide) groups is 1. The first kappa shape index (κ1) is 14.4. The lowest BCUT2D eigenvalue weighted by molar-refractivity contribution is 0.902. The molecule has 0 unspecified atom stereocenters. The summed E-state index contributed by atoms with van der Waals surface area (Å²) in [5.41, 5.74) is 5.14. The smallest absolute Gasteiger partial charge is 0.135 e. The first-order chi connectivity index (χ1) is 10.3.